The van der Waals surface area contributed by atoms with Crippen LogP contribution in [0.5, 0.6) is 5.75 Å². The van der Waals surface area contributed by atoms with Crippen molar-refractivity contribution >= 4 is 12.0 Å². The molecule has 1 aliphatic heterocycles. The molecule has 1 heterocycles. The van der Waals surface area contributed by atoms with Crippen LogP contribution in [0, 0.1) is 17.2 Å². The number of rotatable bonds is 9. The van der Waals surface area contributed by atoms with Crippen LogP contribution in [0.2, 0.25) is 0 Å². The second kappa shape index (κ2) is 9.92. The van der Waals surface area contributed by atoms with E-state index < -0.39 is 17.5 Å². The van der Waals surface area contributed by atoms with E-state index >= 15 is 4.39 Å². The van der Waals surface area contributed by atoms with Gasteiger partial charge in [0.25, 0.3) is 0 Å². The number of benzene rings is 1. The number of nitrogens with zero attached hydrogens (tertiary/aromatic N) is 1. The van der Waals surface area contributed by atoms with Gasteiger partial charge in [-0.15, -0.1) is 0 Å². The largest absolute Gasteiger partial charge is 0.493 e. The molecule has 0 aromatic heterocycles. The lowest BCUT2D eigenvalue weighted by Gasteiger charge is -2.41. The summed E-state index contributed by atoms with van der Waals surface area (Å²) >= 11 is 0. The minimum absolute atomic E-state index is 0.0567. The average molecular weight is 449 g/mol. The quantitative estimate of drug-likeness (QED) is 0.526. The lowest BCUT2D eigenvalue weighted by Crippen LogP contribution is -2.54. The van der Waals surface area contributed by atoms with Crippen LogP contribution in [0.1, 0.15) is 72.4 Å². The fraction of sp³-hybridized carbons (Fsp3) is 0.600. The Balaban J connectivity index is 2.51. The van der Waals surface area contributed by atoms with E-state index in [2.05, 4.69) is 39.9 Å². The molecule has 32 heavy (non-hydrogen) atoms. The molecule has 7 heteroatoms. The number of halogens is 1. The summed E-state index contributed by atoms with van der Waals surface area (Å²) in [5.74, 6) is -0.573. The molecule has 0 spiro atoms. The zero-order chi connectivity index (χ0) is 24.3. The third-order valence-corrected chi connectivity index (χ3v) is 5.52. The predicted molar refractivity (Wildman–Crippen MR) is 123 cm³/mol. The average Bonchev–Trinajstić information content (AvgIpc) is 2.66. The number of aliphatic carboxylic acids is 1. The van der Waals surface area contributed by atoms with Crippen molar-refractivity contribution in [1.29, 1.82) is 0 Å². The number of carbonyl (C=O) groups excluding carboxylic acids is 1. The highest BCUT2D eigenvalue weighted by Gasteiger charge is 2.41. The van der Waals surface area contributed by atoms with Crippen molar-refractivity contribution in [3.63, 3.8) is 0 Å². The van der Waals surface area contributed by atoms with Crippen LogP contribution < -0.4 is 10.1 Å². The SMILES string of the molecule is CCc1c(OCC(C)(C)C)ccc([C@]2(C)NC(=O)N(CCC(=O)O)C=C2CC(C)C)c1F. The maximum absolute atomic E-state index is 15.8. The predicted octanol–water partition coefficient (Wildman–Crippen LogP) is 5.46. The van der Waals surface area contributed by atoms with Crippen molar-refractivity contribution < 1.29 is 23.8 Å². The molecule has 0 bridgehead atoms. The highest BCUT2D eigenvalue weighted by atomic mass is 19.1. The molecule has 0 aliphatic carbocycles. The van der Waals surface area contributed by atoms with Gasteiger partial charge in [-0.3, -0.25) is 4.79 Å². The zero-order valence-electron chi connectivity index (χ0n) is 20.3. The first-order chi connectivity index (χ1) is 14.8. The molecular formula is C25H37FN2O4. The van der Waals surface area contributed by atoms with Crippen molar-refractivity contribution in [1.82, 2.24) is 10.2 Å². The number of carboxylic acid groups (broad SMARTS) is 1. The fourth-order valence-electron chi connectivity index (χ4n) is 3.81. The van der Waals surface area contributed by atoms with Crippen LogP contribution in [0.25, 0.3) is 0 Å². The Hall–Kier alpha value is -2.57. The monoisotopic (exact) mass is 448 g/mol. The summed E-state index contributed by atoms with van der Waals surface area (Å²) in [6, 6.07) is 3.03. The van der Waals surface area contributed by atoms with Gasteiger partial charge in [0.05, 0.1) is 18.6 Å². The van der Waals surface area contributed by atoms with Crippen molar-refractivity contribution in [2.75, 3.05) is 13.2 Å². The Morgan fingerprint density at radius 3 is 2.50 bits per heavy atom. The maximum atomic E-state index is 15.8. The first-order valence-electron chi connectivity index (χ1n) is 11.2. The standard InChI is InChI=1S/C25H37FN2O4/c1-8-18-20(32-15-24(4,5)6)10-9-19(22(18)26)25(7)17(13-16(2)3)14-28(23(31)27-25)12-11-21(29)30/h9-10,14,16H,8,11-13,15H2,1-7H3,(H,27,31)(H,29,30)/t25-/m1/s1. The molecule has 0 unspecified atom stereocenters. The summed E-state index contributed by atoms with van der Waals surface area (Å²) in [4.78, 5) is 25.1. The third-order valence-electron chi connectivity index (χ3n) is 5.52. The van der Waals surface area contributed by atoms with Gasteiger partial charge in [-0.1, -0.05) is 41.5 Å². The van der Waals surface area contributed by atoms with E-state index in [1.807, 2.05) is 6.92 Å². The number of hydrogen-bond acceptors (Lipinski definition) is 3. The molecule has 1 aliphatic rings. The Labute approximate surface area is 190 Å². The van der Waals surface area contributed by atoms with E-state index in [0.29, 0.717) is 36.3 Å². The molecular weight excluding hydrogens is 411 g/mol. The Bertz CT molecular complexity index is 889. The van der Waals surface area contributed by atoms with Gasteiger partial charge in [-0.2, -0.15) is 0 Å². The normalized spacial score (nSPS) is 19.1. The van der Waals surface area contributed by atoms with Gasteiger partial charge in [0.1, 0.15) is 11.6 Å². The molecule has 178 valence electrons. The van der Waals surface area contributed by atoms with Crippen LogP contribution in [-0.2, 0) is 16.8 Å². The van der Waals surface area contributed by atoms with Crippen LogP contribution >= 0.6 is 0 Å². The van der Waals surface area contributed by atoms with Gasteiger partial charge < -0.3 is 20.1 Å². The Morgan fingerprint density at radius 1 is 1.31 bits per heavy atom. The van der Waals surface area contributed by atoms with Gasteiger partial charge in [-0.25, -0.2) is 9.18 Å². The maximum Gasteiger partial charge on any atom is 0.322 e. The number of urea groups is 1. The van der Waals surface area contributed by atoms with Gasteiger partial charge in [-0.05, 0) is 48.8 Å². The van der Waals surface area contributed by atoms with Crippen molar-refractivity contribution in [3.05, 3.63) is 40.8 Å². The molecule has 0 saturated carbocycles. The molecule has 2 N–H and O–H groups in total. The van der Waals surface area contributed by atoms with Crippen LogP contribution in [0.3, 0.4) is 0 Å². The van der Waals surface area contributed by atoms with Crippen LogP contribution in [0.15, 0.2) is 23.9 Å². The van der Waals surface area contributed by atoms with E-state index in [9.17, 15) is 9.59 Å². The second-order valence-electron chi connectivity index (χ2n) is 10.3. The molecule has 2 rings (SSSR count). The smallest absolute Gasteiger partial charge is 0.322 e. The van der Waals surface area contributed by atoms with Gasteiger partial charge in [0.2, 0.25) is 0 Å². The summed E-state index contributed by atoms with van der Waals surface area (Å²) in [6.07, 6.45) is 2.61. The lowest BCUT2D eigenvalue weighted by molar-refractivity contribution is -0.137. The molecule has 1 atom stereocenters. The Morgan fingerprint density at radius 2 is 1.97 bits per heavy atom. The van der Waals surface area contributed by atoms with Crippen molar-refractivity contribution in [3.8, 4) is 5.75 Å². The summed E-state index contributed by atoms with van der Waals surface area (Å²) in [7, 11) is 0. The first kappa shape index (κ1) is 25.7. The fourth-order valence-corrected chi connectivity index (χ4v) is 3.81. The molecule has 0 radical (unpaired) electrons. The topological polar surface area (TPSA) is 78.9 Å². The van der Waals surface area contributed by atoms with Crippen molar-refractivity contribution in [2.45, 2.75) is 73.3 Å². The lowest BCUT2D eigenvalue weighted by atomic mass is 9.78. The summed E-state index contributed by atoms with van der Waals surface area (Å²) < 4.78 is 21.7. The van der Waals surface area contributed by atoms with E-state index in [0.717, 1.165) is 5.57 Å². The highest BCUT2D eigenvalue weighted by Crippen LogP contribution is 2.40. The summed E-state index contributed by atoms with van der Waals surface area (Å²) in [6.45, 7) is 14.5. The summed E-state index contributed by atoms with van der Waals surface area (Å²) in [5.41, 5.74) is 0.602. The number of carboxylic acids is 1. The number of ether oxygens (including phenoxy) is 1. The van der Waals surface area contributed by atoms with Crippen LogP contribution in [0.4, 0.5) is 9.18 Å². The molecule has 1 aromatic rings. The van der Waals surface area contributed by atoms with Crippen LogP contribution in [-0.4, -0.2) is 35.2 Å². The van der Waals surface area contributed by atoms with Gasteiger partial charge in [0.15, 0.2) is 0 Å². The molecule has 0 fully saturated rings. The highest BCUT2D eigenvalue weighted by molar-refractivity contribution is 5.80. The van der Waals surface area contributed by atoms with Gasteiger partial charge in [0, 0.05) is 23.9 Å². The number of nitrogens with one attached hydrogen (secondary N) is 1. The molecule has 6 nitrogen and oxygen atoms in total. The summed E-state index contributed by atoms with van der Waals surface area (Å²) in [5, 5.41) is 11.9. The number of hydrogen-bond donors (Lipinski definition) is 2. The van der Waals surface area contributed by atoms with Crippen molar-refractivity contribution in [2.24, 2.45) is 11.3 Å². The Kier molecular flexibility index (Phi) is 7.97. The first-order valence-corrected chi connectivity index (χ1v) is 11.2. The number of amides is 2. The third kappa shape index (κ3) is 6.02. The van der Waals surface area contributed by atoms with E-state index in [-0.39, 0.29) is 30.1 Å². The molecule has 1 aromatic carbocycles. The minimum Gasteiger partial charge on any atom is -0.493 e. The van der Waals surface area contributed by atoms with E-state index in [1.165, 1.54) is 4.90 Å². The van der Waals surface area contributed by atoms with Gasteiger partial charge >= 0.3 is 12.0 Å². The van der Waals surface area contributed by atoms with E-state index in [4.69, 9.17) is 9.84 Å². The number of carbonyl (C=O) groups is 2. The zero-order valence-corrected chi connectivity index (χ0v) is 20.3. The molecule has 0 saturated heterocycles. The minimum atomic E-state index is -1.04. The molecule has 2 amide bonds. The second-order valence-corrected chi connectivity index (χ2v) is 10.3. The van der Waals surface area contributed by atoms with E-state index in [1.54, 1.807) is 25.3 Å².